The van der Waals surface area contributed by atoms with Gasteiger partial charge >= 0.3 is 5.97 Å². The number of aromatic hydroxyl groups is 1. The van der Waals surface area contributed by atoms with Crippen LogP contribution in [0.15, 0.2) is 12.1 Å². The Hall–Kier alpha value is -1.55. The standard InChI is InChI=1S/C9H7ClO4/c1-4-2-7(11)5(3-6(4)10)8(12)9(13)14/h2-3,11H,1H3,(H,13,14). The molecule has 0 saturated heterocycles. The second-order valence-electron chi connectivity index (χ2n) is 2.75. The van der Waals surface area contributed by atoms with E-state index in [-0.39, 0.29) is 16.3 Å². The SMILES string of the molecule is Cc1cc(O)c(C(=O)C(=O)O)cc1Cl. The van der Waals surface area contributed by atoms with Crippen molar-refractivity contribution < 1.29 is 19.8 Å². The van der Waals surface area contributed by atoms with E-state index in [1.807, 2.05) is 0 Å². The van der Waals surface area contributed by atoms with Gasteiger partial charge in [0.05, 0.1) is 5.56 Å². The number of Topliss-reactive ketones (excluding diaryl/α,β-unsaturated/α-hetero) is 1. The summed E-state index contributed by atoms with van der Waals surface area (Å²) in [4.78, 5) is 21.4. The maximum Gasteiger partial charge on any atom is 0.377 e. The molecule has 0 saturated carbocycles. The number of benzene rings is 1. The van der Waals surface area contributed by atoms with Gasteiger partial charge in [-0.3, -0.25) is 4.79 Å². The number of halogens is 1. The Labute approximate surface area is 84.7 Å². The lowest BCUT2D eigenvalue weighted by Crippen LogP contribution is -2.12. The second-order valence-corrected chi connectivity index (χ2v) is 3.16. The van der Waals surface area contributed by atoms with E-state index >= 15 is 0 Å². The van der Waals surface area contributed by atoms with Crippen molar-refractivity contribution in [2.24, 2.45) is 0 Å². The number of ketones is 1. The van der Waals surface area contributed by atoms with Crippen molar-refractivity contribution in [3.8, 4) is 5.75 Å². The highest BCUT2D eigenvalue weighted by Gasteiger charge is 2.19. The molecule has 5 heteroatoms. The van der Waals surface area contributed by atoms with Gasteiger partial charge in [-0.2, -0.15) is 0 Å². The van der Waals surface area contributed by atoms with Gasteiger partial charge in [-0.1, -0.05) is 11.6 Å². The number of hydrogen-bond donors (Lipinski definition) is 2. The molecule has 2 N–H and O–H groups in total. The van der Waals surface area contributed by atoms with Gasteiger partial charge in [0.15, 0.2) is 0 Å². The van der Waals surface area contributed by atoms with Gasteiger partial charge in [0.2, 0.25) is 0 Å². The van der Waals surface area contributed by atoms with Crippen LogP contribution in [-0.2, 0) is 4.79 Å². The fourth-order valence-electron chi connectivity index (χ4n) is 0.963. The Kier molecular flexibility index (Phi) is 2.76. The smallest absolute Gasteiger partial charge is 0.377 e. The number of hydrogen-bond acceptors (Lipinski definition) is 3. The molecule has 1 aromatic carbocycles. The van der Waals surface area contributed by atoms with Crippen LogP contribution in [0.2, 0.25) is 5.02 Å². The molecule has 0 aliphatic rings. The Bertz CT molecular complexity index is 412. The second kappa shape index (κ2) is 3.67. The summed E-state index contributed by atoms with van der Waals surface area (Å²) in [6.07, 6.45) is 0. The first-order valence-corrected chi connectivity index (χ1v) is 4.08. The molecule has 0 spiro atoms. The van der Waals surface area contributed by atoms with E-state index < -0.39 is 11.8 Å². The summed E-state index contributed by atoms with van der Waals surface area (Å²) >= 11 is 5.68. The Morgan fingerprint density at radius 1 is 1.36 bits per heavy atom. The molecule has 1 aromatic rings. The van der Waals surface area contributed by atoms with Gasteiger partial charge in [-0.25, -0.2) is 4.79 Å². The van der Waals surface area contributed by atoms with Gasteiger partial charge in [0.1, 0.15) is 5.75 Å². The minimum Gasteiger partial charge on any atom is -0.507 e. The van der Waals surface area contributed by atoms with Crippen LogP contribution in [0.3, 0.4) is 0 Å². The van der Waals surface area contributed by atoms with Crippen molar-refractivity contribution in [1.82, 2.24) is 0 Å². The van der Waals surface area contributed by atoms with Crippen LogP contribution in [-0.4, -0.2) is 22.0 Å². The first-order chi connectivity index (χ1) is 6.43. The molecule has 0 heterocycles. The minimum atomic E-state index is -1.62. The summed E-state index contributed by atoms with van der Waals surface area (Å²) in [6, 6.07) is 2.39. The fraction of sp³-hybridized carbons (Fsp3) is 0.111. The third-order valence-electron chi connectivity index (χ3n) is 1.72. The molecule has 0 radical (unpaired) electrons. The zero-order chi connectivity index (χ0) is 10.9. The zero-order valence-corrected chi connectivity index (χ0v) is 8.00. The van der Waals surface area contributed by atoms with E-state index in [4.69, 9.17) is 16.7 Å². The average Bonchev–Trinajstić information content (AvgIpc) is 2.10. The zero-order valence-electron chi connectivity index (χ0n) is 7.24. The van der Waals surface area contributed by atoms with Crippen molar-refractivity contribution in [1.29, 1.82) is 0 Å². The highest BCUT2D eigenvalue weighted by molar-refractivity contribution is 6.41. The normalized spacial score (nSPS) is 9.86. The van der Waals surface area contributed by atoms with Crippen molar-refractivity contribution in [2.45, 2.75) is 6.92 Å². The van der Waals surface area contributed by atoms with E-state index in [0.717, 1.165) is 6.07 Å². The molecule has 0 aliphatic heterocycles. The van der Waals surface area contributed by atoms with Gasteiger partial charge in [0.25, 0.3) is 5.78 Å². The van der Waals surface area contributed by atoms with Gasteiger partial charge < -0.3 is 10.2 Å². The first kappa shape index (κ1) is 10.5. The van der Waals surface area contributed by atoms with Crippen LogP contribution >= 0.6 is 11.6 Å². The van der Waals surface area contributed by atoms with Crippen LogP contribution in [0.25, 0.3) is 0 Å². The van der Waals surface area contributed by atoms with Crippen LogP contribution < -0.4 is 0 Å². The molecule has 0 fully saturated rings. The highest BCUT2D eigenvalue weighted by Crippen LogP contribution is 2.25. The number of carbonyl (C=O) groups excluding carboxylic acids is 1. The summed E-state index contributed by atoms with van der Waals surface area (Å²) in [5, 5.41) is 18.0. The predicted octanol–water partition coefficient (Wildman–Crippen LogP) is 1.62. The number of carbonyl (C=O) groups is 2. The molecule has 14 heavy (non-hydrogen) atoms. The number of carboxylic acids is 1. The third kappa shape index (κ3) is 1.85. The van der Waals surface area contributed by atoms with Gasteiger partial charge in [0, 0.05) is 5.02 Å². The van der Waals surface area contributed by atoms with Crippen molar-refractivity contribution in [3.05, 3.63) is 28.3 Å². The first-order valence-electron chi connectivity index (χ1n) is 3.70. The number of rotatable bonds is 2. The lowest BCUT2D eigenvalue weighted by Gasteiger charge is -2.03. The van der Waals surface area contributed by atoms with Gasteiger partial charge in [-0.15, -0.1) is 0 Å². The Morgan fingerprint density at radius 3 is 2.43 bits per heavy atom. The number of phenols is 1. The molecule has 0 aromatic heterocycles. The lowest BCUT2D eigenvalue weighted by molar-refractivity contribution is -0.131. The van der Waals surface area contributed by atoms with E-state index in [9.17, 15) is 14.7 Å². The molecule has 0 unspecified atom stereocenters. The predicted molar refractivity (Wildman–Crippen MR) is 49.8 cm³/mol. The number of phenolic OH excluding ortho intramolecular Hbond substituents is 1. The molecule has 4 nitrogen and oxygen atoms in total. The summed E-state index contributed by atoms with van der Waals surface area (Å²) < 4.78 is 0. The maximum atomic E-state index is 11.0. The van der Waals surface area contributed by atoms with E-state index in [2.05, 4.69) is 0 Å². The van der Waals surface area contributed by atoms with Crippen molar-refractivity contribution >= 4 is 23.4 Å². The van der Waals surface area contributed by atoms with Crippen molar-refractivity contribution in [3.63, 3.8) is 0 Å². The maximum absolute atomic E-state index is 11.0. The van der Waals surface area contributed by atoms with Crippen LogP contribution in [0.5, 0.6) is 5.75 Å². The molecule has 1 rings (SSSR count). The summed E-state index contributed by atoms with van der Waals surface area (Å²) in [5.74, 6) is -3.18. The Morgan fingerprint density at radius 2 is 1.93 bits per heavy atom. The highest BCUT2D eigenvalue weighted by atomic mass is 35.5. The molecular formula is C9H7ClO4. The minimum absolute atomic E-state index is 0.243. The molecule has 0 aliphatic carbocycles. The molecule has 0 amide bonds. The van der Waals surface area contributed by atoms with E-state index in [0.29, 0.717) is 5.56 Å². The molecular weight excluding hydrogens is 208 g/mol. The topological polar surface area (TPSA) is 74.6 Å². The van der Waals surface area contributed by atoms with Crippen molar-refractivity contribution in [2.75, 3.05) is 0 Å². The largest absolute Gasteiger partial charge is 0.507 e. The Balaban J connectivity index is 3.29. The summed E-state index contributed by atoms with van der Waals surface area (Å²) in [7, 11) is 0. The average molecular weight is 215 g/mol. The monoisotopic (exact) mass is 214 g/mol. The molecule has 0 bridgehead atoms. The number of aliphatic carboxylic acids is 1. The summed E-state index contributed by atoms with van der Waals surface area (Å²) in [5.41, 5.74) is 0.277. The van der Waals surface area contributed by atoms with Crippen LogP contribution in [0.4, 0.5) is 0 Å². The number of carboxylic acid groups (broad SMARTS) is 1. The summed E-state index contributed by atoms with van der Waals surface area (Å²) in [6.45, 7) is 1.64. The fourth-order valence-corrected chi connectivity index (χ4v) is 1.13. The van der Waals surface area contributed by atoms with Crippen LogP contribution in [0.1, 0.15) is 15.9 Å². The van der Waals surface area contributed by atoms with E-state index in [1.54, 1.807) is 6.92 Å². The third-order valence-corrected chi connectivity index (χ3v) is 2.12. The van der Waals surface area contributed by atoms with E-state index in [1.165, 1.54) is 6.07 Å². The lowest BCUT2D eigenvalue weighted by atomic mass is 10.1. The molecule has 0 atom stereocenters. The molecule has 74 valence electrons. The van der Waals surface area contributed by atoms with Crippen LogP contribution in [0, 0.1) is 6.92 Å². The quantitative estimate of drug-likeness (QED) is 0.580. The number of aryl methyl sites for hydroxylation is 1. The van der Waals surface area contributed by atoms with Gasteiger partial charge in [-0.05, 0) is 24.6 Å².